The number of nitrogens with two attached hydrogens (primary N) is 1. The van der Waals surface area contributed by atoms with Gasteiger partial charge < -0.3 is 29.6 Å². The molecule has 10 nitrogen and oxygen atoms in total. The van der Waals surface area contributed by atoms with Gasteiger partial charge in [-0.15, -0.1) is 0 Å². The lowest BCUT2D eigenvalue weighted by Crippen LogP contribution is -2.12. The number of hydrogen-bond acceptors (Lipinski definition) is 7. The number of imidazole rings is 1. The van der Waals surface area contributed by atoms with Gasteiger partial charge in [0, 0.05) is 6.42 Å². The monoisotopic (exact) mass is 315 g/mol. The van der Waals surface area contributed by atoms with Crippen LogP contribution in [0.3, 0.4) is 0 Å². The molecule has 1 saturated heterocycles. The molecule has 11 heteroatoms. The Morgan fingerprint density at radius 2 is 2.29 bits per heavy atom. The molecule has 3 rings (SSSR count). The number of nitrogens with zero attached hydrogens (tertiary/aromatic N) is 4. The highest BCUT2D eigenvalue weighted by Gasteiger charge is 2.30. The van der Waals surface area contributed by atoms with E-state index in [0.717, 1.165) is 0 Å². The molecular weight excluding hydrogens is 301 g/mol. The van der Waals surface area contributed by atoms with Crippen molar-refractivity contribution in [2.75, 3.05) is 18.7 Å². The average Bonchev–Trinajstić information content (AvgIpc) is 3.02. The van der Waals surface area contributed by atoms with Crippen LogP contribution in [-0.2, 0) is 14.0 Å². The molecule has 114 valence electrons. The second-order valence-electron chi connectivity index (χ2n) is 4.70. The Hall–Kier alpha value is -1.58. The molecule has 0 saturated carbocycles. The summed E-state index contributed by atoms with van der Waals surface area (Å²) in [4.78, 5) is 29.7. The molecule has 0 amide bonds. The van der Waals surface area contributed by atoms with Crippen LogP contribution in [0, 0.1) is 0 Å². The van der Waals surface area contributed by atoms with Crippen LogP contribution in [0.25, 0.3) is 11.2 Å². The zero-order valence-corrected chi connectivity index (χ0v) is 11.8. The van der Waals surface area contributed by atoms with Gasteiger partial charge in [-0.1, -0.05) is 0 Å². The first-order valence-corrected chi connectivity index (χ1v) is 7.94. The third kappa shape index (κ3) is 3.04. The van der Waals surface area contributed by atoms with Gasteiger partial charge in [0.2, 0.25) is 0 Å². The smallest absolute Gasteiger partial charge is 0.351 e. The zero-order chi connectivity index (χ0) is 15.0. The molecule has 0 unspecified atom stereocenters. The van der Waals surface area contributed by atoms with E-state index in [9.17, 15) is 4.57 Å². The maximum Gasteiger partial charge on any atom is 0.351 e. The molecule has 21 heavy (non-hydrogen) atoms. The Bertz CT molecular complexity index is 700. The number of aromatic nitrogens is 4. The van der Waals surface area contributed by atoms with Gasteiger partial charge in [0.25, 0.3) is 0 Å². The molecule has 1 aliphatic rings. The summed E-state index contributed by atoms with van der Waals surface area (Å²) in [5.41, 5.74) is 6.82. The minimum absolute atomic E-state index is 0.0916. The van der Waals surface area contributed by atoms with Crippen LogP contribution < -0.4 is 5.73 Å². The maximum absolute atomic E-state index is 10.8. The fourth-order valence-electron chi connectivity index (χ4n) is 2.20. The SMILES string of the molecule is Nc1ncnc2c1ncn2[C@H]1CO[C@@H](OCP(=O)(O)O)C1. The first-order valence-electron chi connectivity index (χ1n) is 6.15. The number of ether oxygens (including phenoxy) is 2. The second-order valence-corrected chi connectivity index (χ2v) is 6.28. The van der Waals surface area contributed by atoms with Crippen LogP contribution in [-0.4, -0.2) is 48.6 Å². The van der Waals surface area contributed by atoms with Crippen LogP contribution in [0.4, 0.5) is 5.82 Å². The van der Waals surface area contributed by atoms with Crippen molar-refractivity contribution in [3.8, 4) is 0 Å². The van der Waals surface area contributed by atoms with E-state index in [2.05, 4.69) is 15.0 Å². The summed E-state index contributed by atoms with van der Waals surface area (Å²) >= 11 is 0. The summed E-state index contributed by atoms with van der Waals surface area (Å²) < 4.78 is 23.0. The van der Waals surface area contributed by atoms with Crippen LogP contribution in [0.2, 0.25) is 0 Å². The number of anilines is 1. The van der Waals surface area contributed by atoms with Crippen molar-refractivity contribution in [3.05, 3.63) is 12.7 Å². The fourth-order valence-corrected chi connectivity index (χ4v) is 2.56. The number of fused-ring (bicyclic) bond motifs is 1. The minimum Gasteiger partial charge on any atom is -0.382 e. The van der Waals surface area contributed by atoms with Crippen LogP contribution in [0.1, 0.15) is 12.5 Å². The van der Waals surface area contributed by atoms with E-state index in [1.165, 1.54) is 6.33 Å². The molecule has 2 aromatic heterocycles. The predicted molar refractivity (Wildman–Crippen MR) is 71.1 cm³/mol. The van der Waals surface area contributed by atoms with E-state index in [4.69, 9.17) is 25.0 Å². The van der Waals surface area contributed by atoms with E-state index in [0.29, 0.717) is 30.0 Å². The third-order valence-electron chi connectivity index (χ3n) is 3.15. The van der Waals surface area contributed by atoms with Gasteiger partial charge in [-0.05, 0) is 0 Å². The molecule has 0 radical (unpaired) electrons. The van der Waals surface area contributed by atoms with Gasteiger partial charge in [0.1, 0.15) is 11.8 Å². The molecule has 4 N–H and O–H groups in total. The lowest BCUT2D eigenvalue weighted by atomic mass is 10.2. The lowest BCUT2D eigenvalue weighted by molar-refractivity contribution is -0.0988. The Kier molecular flexibility index (Phi) is 3.64. The van der Waals surface area contributed by atoms with Crippen LogP contribution >= 0.6 is 7.60 Å². The highest BCUT2D eigenvalue weighted by molar-refractivity contribution is 7.51. The normalized spacial score (nSPS) is 23.0. The molecule has 3 heterocycles. The van der Waals surface area contributed by atoms with Crippen molar-refractivity contribution in [1.82, 2.24) is 19.5 Å². The summed E-state index contributed by atoms with van der Waals surface area (Å²) in [5, 5.41) is 0. The Labute approximate surface area is 119 Å². The van der Waals surface area contributed by atoms with E-state index < -0.39 is 20.2 Å². The predicted octanol–water partition coefficient (Wildman–Crippen LogP) is -0.152. The van der Waals surface area contributed by atoms with E-state index in [1.807, 2.05) is 0 Å². The Morgan fingerprint density at radius 3 is 3.05 bits per heavy atom. The molecular formula is C10H14N5O5P. The van der Waals surface area contributed by atoms with Gasteiger partial charge in [0.15, 0.2) is 24.1 Å². The van der Waals surface area contributed by atoms with E-state index >= 15 is 0 Å². The summed E-state index contributed by atoms with van der Waals surface area (Å²) in [6, 6.07) is -0.0916. The Balaban J connectivity index is 1.73. The first kappa shape index (κ1) is 14.4. The van der Waals surface area contributed by atoms with Crippen molar-refractivity contribution in [3.63, 3.8) is 0 Å². The molecule has 0 aromatic carbocycles. The highest BCUT2D eigenvalue weighted by atomic mass is 31.2. The van der Waals surface area contributed by atoms with Gasteiger partial charge in [0.05, 0.1) is 19.0 Å². The summed E-state index contributed by atoms with van der Waals surface area (Å²) in [6.07, 6.45) is 2.06. The van der Waals surface area contributed by atoms with Gasteiger partial charge in [-0.25, -0.2) is 15.0 Å². The first-order chi connectivity index (χ1) is 9.94. The van der Waals surface area contributed by atoms with E-state index in [1.54, 1.807) is 10.9 Å². The number of nitrogen functional groups attached to an aromatic ring is 1. The summed E-state index contributed by atoms with van der Waals surface area (Å²) in [5.74, 6) is 0.298. The topological polar surface area (TPSA) is 146 Å². The molecule has 0 spiro atoms. The van der Waals surface area contributed by atoms with Crippen molar-refractivity contribution in [2.45, 2.75) is 18.8 Å². The Morgan fingerprint density at radius 1 is 1.48 bits per heavy atom. The fraction of sp³-hybridized carbons (Fsp3) is 0.500. The summed E-state index contributed by atoms with van der Waals surface area (Å²) in [7, 11) is -4.20. The number of rotatable bonds is 4. The summed E-state index contributed by atoms with van der Waals surface area (Å²) in [6.45, 7) is 0.335. The third-order valence-corrected chi connectivity index (χ3v) is 3.63. The standard InChI is InChI=1S/C10H14N5O5P/c11-9-8-10(13-3-12-9)15(4-14-8)6-1-7(19-2-6)20-5-21(16,17)18/h3-4,6-7H,1-2,5H2,(H2,11,12,13)(H2,16,17,18)/t6-,7+/m1/s1. The molecule has 2 atom stereocenters. The lowest BCUT2D eigenvalue weighted by Gasteiger charge is -2.12. The van der Waals surface area contributed by atoms with Crippen molar-refractivity contribution in [2.24, 2.45) is 0 Å². The van der Waals surface area contributed by atoms with Crippen molar-refractivity contribution >= 4 is 24.6 Å². The average molecular weight is 315 g/mol. The van der Waals surface area contributed by atoms with Crippen LogP contribution in [0.5, 0.6) is 0 Å². The second kappa shape index (κ2) is 5.32. The number of hydrogen-bond donors (Lipinski definition) is 3. The maximum atomic E-state index is 10.8. The molecule has 1 aliphatic heterocycles. The molecule has 2 aromatic rings. The van der Waals surface area contributed by atoms with Gasteiger partial charge in [-0.2, -0.15) is 0 Å². The zero-order valence-electron chi connectivity index (χ0n) is 10.9. The van der Waals surface area contributed by atoms with Gasteiger partial charge in [-0.3, -0.25) is 4.57 Å². The molecule has 0 aliphatic carbocycles. The van der Waals surface area contributed by atoms with Crippen LogP contribution in [0.15, 0.2) is 12.7 Å². The van der Waals surface area contributed by atoms with Gasteiger partial charge >= 0.3 is 7.60 Å². The van der Waals surface area contributed by atoms with Crippen molar-refractivity contribution in [1.29, 1.82) is 0 Å². The van der Waals surface area contributed by atoms with E-state index in [-0.39, 0.29) is 6.04 Å². The largest absolute Gasteiger partial charge is 0.382 e. The molecule has 0 bridgehead atoms. The van der Waals surface area contributed by atoms with Crippen molar-refractivity contribution < 1.29 is 23.8 Å². The molecule has 1 fully saturated rings. The minimum atomic E-state index is -4.20. The quantitative estimate of drug-likeness (QED) is 0.655. The highest BCUT2D eigenvalue weighted by Crippen LogP contribution is 2.36.